The Morgan fingerprint density at radius 1 is 1.08 bits per heavy atom. The first-order chi connectivity index (χ1) is 12.1. The second kappa shape index (κ2) is 8.38. The van der Waals surface area contributed by atoms with E-state index < -0.39 is 10.0 Å². The molecule has 3 rings (SSSR count). The largest absolute Gasteiger partial charge is 0.384 e. The summed E-state index contributed by atoms with van der Waals surface area (Å²) in [5.74, 6) is -0.0334. The van der Waals surface area contributed by atoms with Gasteiger partial charge in [0.05, 0.1) is 12.4 Å². The summed E-state index contributed by atoms with van der Waals surface area (Å²) in [5.41, 5.74) is 1.76. The second-order valence-corrected chi connectivity index (χ2v) is 8.76. The Balaban J connectivity index is 1.52. The number of nitrogens with one attached hydrogen (secondary N) is 1. The fourth-order valence-electron chi connectivity index (χ4n) is 3.78. The van der Waals surface area contributed by atoms with E-state index in [1.807, 2.05) is 24.3 Å². The van der Waals surface area contributed by atoms with Crippen LogP contribution < -0.4 is 9.62 Å². The topological polar surface area (TPSA) is 61.9 Å². The summed E-state index contributed by atoms with van der Waals surface area (Å²) in [7, 11) is -1.85. The molecule has 0 aromatic heterocycles. The summed E-state index contributed by atoms with van der Waals surface area (Å²) in [4.78, 5) is 5.02. The predicted octanol–water partition coefficient (Wildman–Crippen LogP) is 2.14. The van der Waals surface area contributed by atoms with Crippen molar-refractivity contribution >= 4 is 21.4 Å². The molecule has 0 bridgehead atoms. The van der Waals surface area contributed by atoms with Crippen LogP contribution in [0.1, 0.15) is 25.7 Å². The second-order valence-electron chi connectivity index (χ2n) is 6.92. The third-order valence-corrected chi connectivity index (χ3v) is 6.47. The number of nitrogens with zero attached hydrogens (tertiary/aromatic N) is 2. The van der Waals surface area contributed by atoms with E-state index in [9.17, 15) is 8.42 Å². The van der Waals surface area contributed by atoms with Crippen LogP contribution in [0.15, 0.2) is 24.3 Å². The van der Waals surface area contributed by atoms with Crippen LogP contribution in [0.4, 0.5) is 11.4 Å². The van der Waals surface area contributed by atoms with Crippen molar-refractivity contribution in [3.63, 3.8) is 0 Å². The van der Waals surface area contributed by atoms with Crippen LogP contribution in [0.3, 0.4) is 0 Å². The minimum Gasteiger partial charge on any atom is -0.384 e. The number of rotatable bonds is 7. The van der Waals surface area contributed by atoms with Crippen molar-refractivity contribution in [3.8, 4) is 0 Å². The average molecular weight is 368 g/mol. The van der Waals surface area contributed by atoms with Gasteiger partial charge in [-0.15, -0.1) is 0 Å². The normalized spacial score (nSPS) is 20.1. The Labute approximate surface area is 151 Å². The first-order valence-electron chi connectivity index (χ1n) is 9.16. The number of benzene rings is 1. The SMILES string of the molecule is COCCS(=O)(=O)Nc1ccc(N2CCN(C3CCCC3)CC2)cc1. The zero-order chi connectivity index (χ0) is 17.7. The van der Waals surface area contributed by atoms with Gasteiger partial charge in [-0.2, -0.15) is 0 Å². The third-order valence-electron chi connectivity index (χ3n) is 5.22. The van der Waals surface area contributed by atoms with Gasteiger partial charge in [-0.3, -0.25) is 9.62 Å². The van der Waals surface area contributed by atoms with Gasteiger partial charge in [-0.25, -0.2) is 8.42 Å². The number of piperazine rings is 1. The number of hydrogen-bond donors (Lipinski definition) is 1. The minimum atomic E-state index is -3.35. The summed E-state index contributed by atoms with van der Waals surface area (Å²) >= 11 is 0. The summed E-state index contributed by atoms with van der Waals surface area (Å²) < 4.78 is 31.2. The first-order valence-corrected chi connectivity index (χ1v) is 10.8. The molecule has 0 amide bonds. The zero-order valence-corrected chi connectivity index (χ0v) is 15.8. The number of sulfonamides is 1. The number of hydrogen-bond acceptors (Lipinski definition) is 5. The molecule has 0 radical (unpaired) electrons. The molecule has 1 N–H and O–H groups in total. The standard InChI is InChI=1S/C18H29N3O3S/c1-24-14-15-25(22,23)19-16-6-8-18(9-7-16)21-12-10-20(11-13-21)17-4-2-3-5-17/h6-9,17,19H,2-5,10-15H2,1H3. The summed E-state index contributed by atoms with van der Waals surface area (Å²) in [5, 5.41) is 0. The van der Waals surface area contributed by atoms with Crippen LogP contribution in [-0.4, -0.2) is 65.0 Å². The van der Waals surface area contributed by atoms with Crippen LogP contribution in [0.25, 0.3) is 0 Å². The molecule has 1 saturated heterocycles. The highest BCUT2D eigenvalue weighted by Crippen LogP contribution is 2.26. The number of ether oxygens (including phenoxy) is 1. The molecule has 0 unspecified atom stereocenters. The van der Waals surface area contributed by atoms with Gasteiger partial charge in [0, 0.05) is 50.7 Å². The van der Waals surface area contributed by atoms with Crippen molar-refractivity contribution in [3.05, 3.63) is 24.3 Å². The molecular weight excluding hydrogens is 338 g/mol. The van der Waals surface area contributed by atoms with Crippen LogP contribution >= 0.6 is 0 Å². The monoisotopic (exact) mass is 367 g/mol. The maximum atomic E-state index is 11.9. The molecule has 1 aliphatic carbocycles. The molecule has 25 heavy (non-hydrogen) atoms. The Kier molecular flexibility index (Phi) is 6.19. The first kappa shape index (κ1) is 18.5. The van der Waals surface area contributed by atoms with Crippen LogP contribution in [0, 0.1) is 0 Å². The highest BCUT2D eigenvalue weighted by atomic mass is 32.2. The Bertz CT molecular complexity index is 634. The van der Waals surface area contributed by atoms with Crippen molar-refractivity contribution in [2.24, 2.45) is 0 Å². The van der Waals surface area contributed by atoms with Gasteiger partial charge < -0.3 is 9.64 Å². The molecule has 1 aromatic rings. The Morgan fingerprint density at radius 3 is 2.32 bits per heavy atom. The van der Waals surface area contributed by atoms with Gasteiger partial charge in [-0.05, 0) is 37.1 Å². The molecular formula is C18H29N3O3S. The molecule has 1 aliphatic heterocycles. The molecule has 1 heterocycles. The maximum Gasteiger partial charge on any atom is 0.234 e. The Hall–Kier alpha value is -1.31. The van der Waals surface area contributed by atoms with Gasteiger partial charge in [0.2, 0.25) is 10.0 Å². The quantitative estimate of drug-likeness (QED) is 0.800. The highest BCUT2D eigenvalue weighted by Gasteiger charge is 2.26. The van der Waals surface area contributed by atoms with Crippen molar-refractivity contribution in [2.45, 2.75) is 31.7 Å². The smallest absolute Gasteiger partial charge is 0.234 e. The van der Waals surface area contributed by atoms with Gasteiger partial charge in [-0.1, -0.05) is 12.8 Å². The van der Waals surface area contributed by atoms with Crippen molar-refractivity contribution < 1.29 is 13.2 Å². The fraction of sp³-hybridized carbons (Fsp3) is 0.667. The van der Waals surface area contributed by atoms with E-state index in [-0.39, 0.29) is 12.4 Å². The lowest BCUT2D eigenvalue weighted by molar-refractivity contribution is 0.187. The number of methoxy groups -OCH3 is 1. The van der Waals surface area contributed by atoms with Crippen LogP contribution in [-0.2, 0) is 14.8 Å². The molecule has 0 spiro atoms. The predicted molar refractivity (Wildman–Crippen MR) is 102 cm³/mol. The maximum absolute atomic E-state index is 11.9. The van der Waals surface area contributed by atoms with Gasteiger partial charge in [0.15, 0.2) is 0 Å². The van der Waals surface area contributed by atoms with Crippen molar-refractivity contribution in [1.29, 1.82) is 0 Å². The lowest BCUT2D eigenvalue weighted by atomic mass is 10.1. The van der Waals surface area contributed by atoms with Gasteiger partial charge in [0.1, 0.15) is 0 Å². The molecule has 1 saturated carbocycles. The average Bonchev–Trinajstić information content (AvgIpc) is 3.15. The van der Waals surface area contributed by atoms with Crippen molar-refractivity contribution in [1.82, 2.24) is 4.90 Å². The molecule has 2 fully saturated rings. The summed E-state index contributed by atoms with van der Waals surface area (Å²) in [6.07, 6.45) is 5.48. The van der Waals surface area contributed by atoms with Gasteiger partial charge in [0.25, 0.3) is 0 Å². The summed E-state index contributed by atoms with van der Waals surface area (Å²) in [6.45, 7) is 4.51. The van der Waals surface area contributed by atoms with E-state index in [2.05, 4.69) is 14.5 Å². The van der Waals surface area contributed by atoms with E-state index in [1.54, 1.807) is 0 Å². The van der Waals surface area contributed by atoms with E-state index >= 15 is 0 Å². The third kappa shape index (κ3) is 5.09. The van der Waals surface area contributed by atoms with Crippen LogP contribution in [0.5, 0.6) is 0 Å². The van der Waals surface area contributed by atoms with E-state index in [0.29, 0.717) is 5.69 Å². The minimum absolute atomic E-state index is 0.0334. The molecule has 2 aliphatic rings. The lowest BCUT2D eigenvalue weighted by Crippen LogP contribution is -2.49. The molecule has 140 valence electrons. The zero-order valence-electron chi connectivity index (χ0n) is 15.0. The number of anilines is 2. The lowest BCUT2D eigenvalue weighted by Gasteiger charge is -2.39. The van der Waals surface area contributed by atoms with Gasteiger partial charge >= 0.3 is 0 Å². The molecule has 7 heteroatoms. The molecule has 1 aromatic carbocycles. The van der Waals surface area contributed by atoms with E-state index in [1.165, 1.54) is 32.8 Å². The fourth-order valence-corrected chi connectivity index (χ4v) is 4.76. The van der Waals surface area contributed by atoms with E-state index in [4.69, 9.17) is 4.74 Å². The van der Waals surface area contributed by atoms with Crippen molar-refractivity contribution in [2.75, 3.05) is 55.3 Å². The molecule has 0 atom stereocenters. The summed E-state index contributed by atoms with van der Waals surface area (Å²) in [6, 6.07) is 8.47. The highest BCUT2D eigenvalue weighted by molar-refractivity contribution is 7.92. The van der Waals surface area contributed by atoms with E-state index in [0.717, 1.165) is 37.9 Å². The van der Waals surface area contributed by atoms with Crippen LogP contribution in [0.2, 0.25) is 0 Å². The Morgan fingerprint density at radius 2 is 1.72 bits per heavy atom. The molecule has 6 nitrogen and oxygen atoms in total.